The molecule has 1 heterocycles. The van der Waals surface area contributed by atoms with Crippen molar-refractivity contribution < 1.29 is 13.6 Å². The first-order valence-corrected chi connectivity index (χ1v) is 6.98. The van der Waals surface area contributed by atoms with Gasteiger partial charge in [0.2, 0.25) is 5.91 Å². The largest absolute Gasteiger partial charge is 0.326 e. The molecule has 1 amide bonds. The lowest BCUT2D eigenvalue weighted by atomic mass is 10.0. The topological polar surface area (TPSA) is 29.1 Å². The fourth-order valence-corrected chi connectivity index (χ4v) is 2.95. The van der Waals surface area contributed by atoms with E-state index in [0.29, 0.717) is 12.0 Å². The number of benzene rings is 2. The Hall–Kier alpha value is -1.75. The number of alkyl halides is 1. The summed E-state index contributed by atoms with van der Waals surface area (Å²) in [5.74, 6) is -1.24. The molecular weight excluding hydrogens is 328 g/mol. The molecule has 0 bridgehead atoms. The van der Waals surface area contributed by atoms with Gasteiger partial charge in [-0.15, -0.1) is 0 Å². The summed E-state index contributed by atoms with van der Waals surface area (Å²) < 4.78 is 26.7. The smallest absolute Gasteiger partial charge is 0.228 e. The fourth-order valence-electron chi connectivity index (χ4n) is 2.29. The molecule has 0 radical (unpaired) electrons. The van der Waals surface area contributed by atoms with Crippen molar-refractivity contribution >= 4 is 27.5 Å². The quantitative estimate of drug-likeness (QED) is 0.826. The van der Waals surface area contributed by atoms with Crippen LogP contribution in [0.1, 0.15) is 21.5 Å². The summed E-state index contributed by atoms with van der Waals surface area (Å²) in [6.07, 6.45) is 0.328. The minimum atomic E-state index is -0.602. The minimum Gasteiger partial charge on any atom is -0.326 e. The van der Waals surface area contributed by atoms with Gasteiger partial charge in [-0.2, -0.15) is 0 Å². The lowest BCUT2D eigenvalue weighted by Crippen LogP contribution is -2.03. The van der Waals surface area contributed by atoms with E-state index in [4.69, 9.17) is 0 Å². The third kappa shape index (κ3) is 2.33. The summed E-state index contributed by atoms with van der Waals surface area (Å²) in [7, 11) is 0. The Labute approximate surface area is 122 Å². The Morgan fingerprint density at radius 1 is 1.15 bits per heavy atom. The Morgan fingerprint density at radius 3 is 2.70 bits per heavy atom. The number of halogens is 3. The number of amides is 1. The highest BCUT2D eigenvalue weighted by molar-refractivity contribution is 9.09. The lowest BCUT2D eigenvalue weighted by molar-refractivity contribution is -0.115. The van der Waals surface area contributed by atoms with Gasteiger partial charge < -0.3 is 5.32 Å². The summed E-state index contributed by atoms with van der Waals surface area (Å²) in [5, 5.41) is 2.74. The van der Waals surface area contributed by atoms with Crippen LogP contribution in [0.2, 0.25) is 0 Å². The normalized spacial score (nSPS) is 14.8. The van der Waals surface area contributed by atoms with Crippen molar-refractivity contribution in [2.45, 2.75) is 11.2 Å². The SMILES string of the molecule is O=C1Cc2cc(C(Br)c3ccc(F)cc3F)ccc2N1. The maximum Gasteiger partial charge on any atom is 0.228 e. The Morgan fingerprint density at radius 2 is 1.95 bits per heavy atom. The molecule has 20 heavy (non-hydrogen) atoms. The van der Waals surface area contributed by atoms with Gasteiger partial charge in [0.05, 0.1) is 11.2 Å². The number of carbonyl (C=O) groups excluding carboxylic acids is 1. The molecule has 2 aromatic carbocycles. The lowest BCUT2D eigenvalue weighted by Gasteiger charge is -2.13. The molecule has 0 spiro atoms. The molecule has 0 saturated heterocycles. The van der Waals surface area contributed by atoms with Crippen LogP contribution in [0, 0.1) is 11.6 Å². The molecule has 1 N–H and O–H groups in total. The number of anilines is 1. The van der Waals surface area contributed by atoms with Crippen LogP contribution in [0.4, 0.5) is 14.5 Å². The van der Waals surface area contributed by atoms with Crippen LogP contribution in [0.15, 0.2) is 36.4 Å². The summed E-state index contributed by atoms with van der Waals surface area (Å²) in [6, 6.07) is 8.97. The van der Waals surface area contributed by atoms with Gasteiger partial charge in [0.25, 0.3) is 0 Å². The van der Waals surface area contributed by atoms with E-state index in [1.165, 1.54) is 12.1 Å². The molecule has 1 atom stereocenters. The molecule has 0 fully saturated rings. The van der Waals surface area contributed by atoms with Crippen LogP contribution >= 0.6 is 15.9 Å². The van der Waals surface area contributed by atoms with Gasteiger partial charge in [-0.05, 0) is 23.3 Å². The number of fused-ring (bicyclic) bond motifs is 1. The predicted molar refractivity (Wildman–Crippen MR) is 75.9 cm³/mol. The first-order valence-electron chi connectivity index (χ1n) is 6.06. The summed E-state index contributed by atoms with van der Waals surface area (Å²) in [4.78, 5) is 10.9. The highest BCUT2D eigenvalue weighted by atomic mass is 79.9. The second-order valence-corrected chi connectivity index (χ2v) is 5.59. The van der Waals surface area contributed by atoms with E-state index >= 15 is 0 Å². The molecule has 0 aromatic heterocycles. The van der Waals surface area contributed by atoms with Gasteiger partial charge in [-0.1, -0.05) is 34.1 Å². The third-order valence-corrected chi connectivity index (χ3v) is 4.30. The van der Waals surface area contributed by atoms with E-state index in [2.05, 4.69) is 21.2 Å². The second-order valence-electron chi connectivity index (χ2n) is 4.67. The van der Waals surface area contributed by atoms with E-state index in [-0.39, 0.29) is 10.7 Å². The molecule has 2 nitrogen and oxygen atoms in total. The van der Waals surface area contributed by atoms with E-state index < -0.39 is 11.6 Å². The van der Waals surface area contributed by atoms with Crippen molar-refractivity contribution in [3.63, 3.8) is 0 Å². The van der Waals surface area contributed by atoms with Crippen molar-refractivity contribution in [3.8, 4) is 0 Å². The minimum absolute atomic E-state index is 0.0452. The van der Waals surface area contributed by atoms with Gasteiger partial charge in [-0.25, -0.2) is 8.78 Å². The molecule has 2 aromatic rings. The average molecular weight is 338 g/mol. The van der Waals surface area contributed by atoms with Crippen molar-refractivity contribution in [1.29, 1.82) is 0 Å². The van der Waals surface area contributed by atoms with Crippen molar-refractivity contribution in [3.05, 3.63) is 64.7 Å². The van der Waals surface area contributed by atoms with Crippen LogP contribution in [0.5, 0.6) is 0 Å². The Kier molecular flexibility index (Phi) is 3.30. The predicted octanol–water partition coefficient (Wildman–Crippen LogP) is 3.94. The van der Waals surface area contributed by atoms with Gasteiger partial charge in [0, 0.05) is 17.3 Å². The summed E-state index contributed by atoms with van der Waals surface area (Å²) in [6.45, 7) is 0. The number of nitrogens with one attached hydrogen (secondary N) is 1. The molecule has 0 saturated carbocycles. The molecule has 3 rings (SSSR count). The summed E-state index contributed by atoms with van der Waals surface area (Å²) in [5.41, 5.74) is 2.87. The van der Waals surface area contributed by atoms with E-state index in [1.807, 2.05) is 12.1 Å². The monoisotopic (exact) mass is 337 g/mol. The van der Waals surface area contributed by atoms with Crippen molar-refractivity contribution in [1.82, 2.24) is 0 Å². The van der Waals surface area contributed by atoms with Crippen LogP contribution in [0.25, 0.3) is 0 Å². The fraction of sp³-hybridized carbons (Fsp3) is 0.133. The standard InChI is InChI=1S/C15H10BrF2NO/c16-15(11-3-2-10(17)7-12(11)18)8-1-4-13-9(5-8)6-14(20)19-13/h1-5,7,15H,6H2,(H,19,20). The van der Waals surface area contributed by atoms with Gasteiger partial charge in [0.15, 0.2) is 0 Å². The molecule has 1 aliphatic heterocycles. The molecule has 5 heteroatoms. The number of rotatable bonds is 2. The van der Waals surface area contributed by atoms with Crippen LogP contribution in [-0.2, 0) is 11.2 Å². The maximum absolute atomic E-state index is 13.8. The molecule has 1 unspecified atom stereocenters. The third-order valence-electron chi connectivity index (χ3n) is 3.28. The van der Waals surface area contributed by atoms with Crippen molar-refractivity contribution in [2.75, 3.05) is 5.32 Å². The van der Waals surface area contributed by atoms with Crippen LogP contribution < -0.4 is 5.32 Å². The van der Waals surface area contributed by atoms with Crippen LogP contribution in [-0.4, -0.2) is 5.91 Å². The van der Waals surface area contributed by atoms with Gasteiger partial charge >= 0.3 is 0 Å². The average Bonchev–Trinajstić information content (AvgIpc) is 2.77. The number of hydrogen-bond donors (Lipinski definition) is 1. The molecule has 0 aliphatic carbocycles. The van der Waals surface area contributed by atoms with Crippen LogP contribution in [0.3, 0.4) is 0 Å². The maximum atomic E-state index is 13.8. The van der Waals surface area contributed by atoms with E-state index in [0.717, 1.165) is 22.9 Å². The highest BCUT2D eigenvalue weighted by Gasteiger charge is 2.21. The Bertz CT molecular complexity index is 702. The number of carbonyl (C=O) groups is 1. The molecule has 1 aliphatic rings. The first-order chi connectivity index (χ1) is 9.54. The van der Waals surface area contributed by atoms with Gasteiger partial charge in [-0.3, -0.25) is 4.79 Å². The highest BCUT2D eigenvalue weighted by Crippen LogP contribution is 2.35. The van der Waals surface area contributed by atoms with Gasteiger partial charge in [0.1, 0.15) is 11.6 Å². The van der Waals surface area contributed by atoms with E-state index in [9.17, 15) is 13.6 Å². The van der Waals surface area contributed by atoms with E-state index in [1.54, 1.807) is 6.07 Å². The second kappa shape index (κ2) is 4.98. The zero-order chi connectivity index (χ0) is 14.3. The molecule has 102 valence electrons. The van der Waals surface area contributed by atoms with Crippen molar-refractivity contribution in [2.24, 2.45) is 0 Å². The first kappa shape index (κ1) is 13.2. The molecular formula is C15H10BrF2NO. The zero-order valence-electron chi connectivity index (χ0n) is 10.3. The zero-order valence-corrected chi connectivity index (χ0v) is 11.9. The number of hydrogen-bond acceptors (Lipinski definition) is 1. The Balaban J connectivity index is 1.97. The summed E-state index contributed by atoms with van der Waals surface area (Å²) >= 11 is 3.43.